The van der Waals surface area contributed by atoms with E-state index in [2.05, 4.69) is 33.4 Å². The molecule has 0 aliphatic heterocycles. The first-order valence-electron chi connectivity index (χ1n) is 6.00. The van der Waals surface area contributed by atoms with Gasteiger partial charge < -0.3 is 14.8 Å². The Balaban J connectivity index is 2.45. The maximum atomic E-state index is 5.60. The van der Waals surface area contributed by atoms with Crippen LogP contribution in [0.3, 0.4) is 0 Å². The number of rotatable bonds is 8. The highest BCUT2D eigenvalue weighted by Crippen LogP contribution is 2.25. The summed E-state index contributed by atoms with van der Waals surface area (Å²) in [4.78, 5) is 0. The van der Waals surface area contributed by atoms with Gasteiger partial charge in [0.2, 0.25) is 0 Å². The van der Waals surface area contributed by atoms with Gasteiger partial charge in [0.25, 0.3) is 0 Å². The predicted molar refractivity (Wildman–Crippen MR) is 78.0 cm³/mol. The van der Waals surface area contributed by atoms with Crippen molar-refractivity contribution in [2.45, 2.75) is 13.5 Å². The van der Waals surface area contributed by atoms with Crippen LogP contribution in [0.4, 0.5) is 0 Å². The van der Waals surface area contributed by atoms with Gasteiger partial charge in [-0.1, -0.05) is 18.2 Å². The molecule has 1 aromatic rings. The van der Waals surface area contributed by atoms with Gasteiger partial charge >= 0.3 is 0 Å². The molecule has 0 heterocycles. The summed E-state index contributed by atoms with van der Waals surface area (Å²) in [6, 6.07) is 6.13. The summed E-state index contributed by atoms with van der Waals surface area (Å²) in [5, 5.41) is 3.30. The Labute approximate surface area is 117 Å². The standard InChI is InChI=1S/C14H20BrNO2/c1-3-4-8-18-14-6-5-12(10-13(14)15)11-16-7-9-17-2/h3-6,10,16H,7-9,11H2,1-2H3. The molecule has 0 spiro atoms. The molecule has 1 aromatic carbocycles. The molecule has 3 nitrogen and oxygen atoms in total. The zero-order valence-electron chi connectivity index (χ0n) is 10.9. The molecule has 0 aliphatic rings. The normalized spacial score (nSPS) is 11.1. The highest BCUT2D eigenvalue weighted by molar-refractivity contribution is 9.10. The van der Waals surface area contributed by atoms with Crippen LogP contribution < -0.4 is 10.1 Å². The monoisotopic (exact) mass is 313 g/mol. The lowest BCUT2D eigenvalue weighted by Crippen LogP contribution is -2.18. The fourth-order valence-corrected chi connectivity index (χ4v) is 1.95. The number of allylic oxidation sites excluding steroid dienone is 1. The summed E-state index contributed by atoms with van der Waals surface area (Å²) >= 11 is 3.52. The van der Waals surface area contributed by atoms with Gasteiger partial charge in [0.1, 0.15) is 12.4 Å². The van der Waals surface area contributed by atoms with Crippen molar-refractivity contribution in [2.75, 3.05) is 26.9 Å². The average Bonchev–Trinajstić information content (AvgIpc) is 2.37. The molecule has 1 rings (SSSR count). The number of nitrogens with one attached hydrogen (secondary N) is 1. The summed E-state index contributed by atoms with van der Waals surface area (Å²) in [5.74, 6) is 0.869. The molecule has 0 fully saturated rings. The molecule has 0 saturated heterocycles. The van der Waals surface area contributed by atoms with Gasteiger partial charge in [-0.15, -0.1) is 0 Å². The van der Waals surface area contributed by atoms with Gasteiger partial charge in [-0.05, 0) is 40.5 Å². The molecule has 4 heteroatoms. The maximum Gasteiger partial charge on any atom is 0.133 e. The minimum absolute atomic E-state index is 0.598. The van der Waals surface area contributed by atoms with Crippen LogP contribution in [0.25, 0.3) is 0 Å². The third kappa shape index (κ3) is 5.67. The number of halogens is 1. The Morgan fingerprint density at radius 1 is 1.39 bits per heavy atom. The van der Waals surface area contributed by atoms with Crippen LogP contribution in [0.2, 0.25) is 0 Å². The van der Waals surface area contributed by atoms with E-state index in [-0.39, 0.29) is 0 Å². The van der Waals surface area contributed by atoms with Gasteiger partial charge in [-0.2, -0.15) is 0 Å². The summed E-state index contributed by atoms with van der Waals surface area (Å²) in [6.07, 6.45) is 3.95. The van der Waals surface area contributed by atoms with E-state index in [0.29, 0.717) is 6.61 Å². The molecule has 1 N–H and O–H groups in total. The van der Waals surface area contributed by atoms with Crippen LogP contribution in [0.15, 0.2) is 34.8 Å². The van der Waals surface area contributed by atoms with E-state index in [1.807, 2.05) is 25.1 Å². The van der Waals surface area contributed by atoms with Gasteiger partial charge in [0.05, 0.1) is 11.1 Å². The molecule has 0 unspecified atom stereocenters. The van der Waals surface area contributed by atoms with Crippen molar-refractivity contribution in [3.63, 3.8) is 0 Å². The molecular weight excluding hydrogens is 294 g/mol. The largest absolute Gasteiger partial charge is 0.488 e. The molecule has 0 bridgehead atoms. The third-order valence-electron chi connectivity index (χ3n) is 2.38. The number of benzene rings is 1. The topological polar surface area (TPSA) is 30.5 Å². The second kappa shape index (κ2) is 9.14. The maximum absolute atomic E-state index is 5.60. The molecule has 0 atom stereocenters. The lowest BCUT2D eigenvalue weighted by molar-refractivity contribution is 0.199. The minimum Gasteiger partial charge on any atom is -0.488 e. The van der Waals surface area contributed by atoms with Gasteiger partial charge in [-0.3, -0.25) is 0 Å². The Morgan fingerprint density at radius 2 is 2.22 bits per heavy atom. The van der Waals surface area contributed by atoms with Crippen LogP contribution in [-0.4, -0.2) is 26.9 Å². The predicted octanol–water partition coefficient (Wildman–Crippen LogP) is 3.14. The van der Waals surface area contributed by atoms with Crippen LogP contribution in [0, 0.1) is 0 Å². The third-order valence-corrected chi connectivity index (χ3v) is 3.00. The zero-order valence-corrected chi connectivity index (χ0v) is 12.5. The lowest BCUT2D eigenvalue weighted by atomic mass is 10.2. The van der Waals surface area contributed by atoms with Crippen molar-refractivity contribution >= 4 is 15.9 Å². The zero-order chi connectivity index (χ0) is 13.2. The summed E-state index contributed by atoms with van der Waals surface area (Å²) in [6.45, 7) is 4.99. The van der Waals surface area contributed by atoms with E-state index < -0.39 is 0 Å². The summed E-state index contributed by atoms with van der Waals surface area (Å²) in [5.41, 5.74) is 1.22. The van der Waals surface area contributed by atoms with Crippen molar-refractivity contribution in [3.8, 4) is 5.75 Å². The first-order valence-corrected chi connectivity index (χ1v) is 6.79. The number of hydrogen-bond acceptors (Lipinski definition) is 3. The van der Waals surface area contributed by atoms with E-state index in [1.165, 1.54) is 5.56 Å². The van der Waals surface area contributed by atoms with E-state index in [4.69, 9.17) is 9.47 Å². The molecule has 18 heavy (non-hydrogen) atoms. The van der Waals surface area contributed by atoms with Gasteiger partial charge in [0, 0.05) is 20.2 Å². The van der Waals surface area contributed by atoms with Crippen molar-refractivity contribution in [1.82, 2.24) is 5.32 Å². The second-order valence-electron chi connectivity index (χ2n) is 3.81. The molecular formula is C14H20BrNO2. The van der Waals surface area contributed by atoms with Crippen LogP contribution in [-0.2, 0) is 11.3 Å². The van der Waals surface area contributed by atoms with Gasteiger partial charge in [0.15, 0.2) is 0 Å². The van der Waals surface area contributed by atoms with Crippen molar-refractivity contribution in [1.29, 1.82) is 0 Å². The Morgan fingerprint density at radius 3 is 2.89 bits per heavy atom. The van der Waals surface area contributed by atoms with E-state index >= 15 is 0 Å². The van der Waals surface area contributed by atoms with Crippen LogP contribution in [0.5, 0.6) is 5.75 Å². The van der Waals surface area contributed by atoms with Crippen molar-refractivity contribution in [2.24, 2.45) is 0 Å². The number of methoxy groups -OCH3 is 1. The Kier molecular flexibility index (Phi) is 7.73. The molecule has 0 radical (unpaired) electrons. The molecule has 0 aliphatic carbocycles. The molecule has 0 aromatic heterocycles. The minimum atomic E-state index is 0.598. The fourth-order valence-electron chi connectivity index (χ4n) is 1.41. The van der Waals surface area contributed by atoms with Crippen molar-refractivity contribution < 1.29 is 9.47 Å². The molecule has 0 saturated carbocycles. The quantitative estimate of drug-likeness (QED) is 0.591. The second-order valence-corrected chi connectivity index (χ2v) is 4.67. The lowest BCUT2D eigenvalue weighted by Gasteiger charge is -2.09. The smallest absolute Gasteiger partial charge is 0.133 e. The van der Waals surface area contributed by atoms with Crippen LogP contribution >= 0.6 is 15.9 Å². The number of hydrogen-bond donors (Lipinski definition) is 1. The van der Waals surface area contributed by atoms with Crippen molar-refractivity contribution in [3.05, 3.63) is 40.4 Å². The highest BCUT2D eigenvalue weighted by atomic mass is 79.9. The fraction of sp³-hybridized carbons (Fsp3) is 0.429. The van der Waals surface area contributed by atoms with Crippen LogP contribution in [0.1, 0.15) is 12.5 Å². The molecule has 0 amide bonds. The average molecular weight is 314 g/mol. The van der Waals surface area contributed by atoms with E-state index in [9.17, 15) is 0 Å². The van der Waals surface area contributed by atoms with E-state index in [0.717, 1.165) is 29.9 Å². The van der Waals surface area contributed by atoms with Gasteiger partial charge in [-0.25, -0.2) is 0 Å². The van der Waals surface area contributed by atoms with E-state index in [1.54, 1.807) is 7.11 Å². The first kappa shape index (κ1) is 15.2. The summed E-state index contributed by atoms with van der Waals surface area (Å²) < 4.78 is 11.6. The highest BCUT2D eigenvalue weighted by Gasteiger charge is 2.02. The first-order chi connectivity index (χ1) is 8.77. The number of ether oxygens (including phenoxy) is 2. The Bertz CT molecular complexity index is 380. The Hall–Kier alpha value is -0.840. The molecule has 100 valence electrons. The SMILES string of the molecule is CC=CCOc1ccc(CNCCOC)cc1Br. The summed E-state index contributed by atoms with van der Waals surface area (Å²) in [7, 11) is 1.70.